The molecule has 29 heavy (non-hydrogen) atoms. The predicted octanol–water partition coefficient (Wildman–Crippen LogP) is 4.47. The minimum Gasteiger partial charge on any atom is -0.354 e. The molecule has 0 saturated carbocycles. The van der Waals surface area contributed by atoms with Gasteiger partial charge in [0.15, 0.2) is 0 Å². The molecule has 0 bridgehead atoms. The number of halogens is 2. The first-order valence-electron chi connectivity index (χ1n) is 8.74. The van der Waals surface area contributed by atoms with Crippen molar-refractivity contribution in [3.8, 4) is 6.07 Å². The van der Waals surface area contributed by atoms with E-state index >= 15 is 0 Å². The van der Waals surface area contributed by atoms with Crippen LogP contribution in [0.4, 0.5) is 5.69 Å². The average molecular weight is 446 g/mol. The molecule has 8 heteroatoms. The highest BCUT2D eigenvalue weighted by Gasteiger charge is 2.41. The van der Waals surface area contributed by atoms with Gasteiger partial charge < -0.3 is 5.32 Å². The number of carbonyl (C=O) groups is 2. The van der Waals surface area contributed by atoms with Gasteiger partial charge in [-0.2, -0.15) is 5.26 Å². The van der Waals surface area contributed by atoms with Gasteiger partial charge in [0.25, 0.3) is 5.91 Å². The number of amides is 2. The Balaban J connectivity index is 2.06. The van der Waals surface area contributed by atoms with E-state index in [-0.39, 0.29) is 11.5 Å². The van der Waals surface area contributed by atoms with Crippen molar-refractivity contribution >= 4 is 52.5 Å². The molecule has 0 aromatic heterocycles. The summed E-state index contributed by atoms with van der Waals surface area (Å²) in [6.45, 7) is 1.94. The highest BCUT2D eigenvalue weighted by molar-refractivity contribution is 8.05. The topological polar surface area (TPSA) is 73.2 Å². The van der Waals surface area contributed by atoms with Gasteiger partial charge in [0.1, 0.15) is 16.7 Å². The number of hydrogen-bond acceptors (Lipinski definition) is 4. The van der Waals surface area contributed by atoms with Crippen molar-refractivity contribution in [1.82, 2.24) is 5.32 Å². The molecule has 3 rings (SSSR count). The summed E-state index contributed by atoms with van der Waals surface area (Å²) in [6.07, 6.45) is 0.321. The molecule has 0 unspecified atom stereocenters. The smallest absolute Gasteiger partial charge is 0.264 e. The summed E-state index contributed by atoms with van der Waals surface area (Å²) in [5, 5.41) is 12.6. The zero-order valence-electron chi connectivity index (χ0n) is 15.7. The Morgan fingerprint density at radius 1 is 1.24 bits per heavy atom. The van der Waals surface area contributed by atoms with E-state index in [0.29, 0.717) is 27.2 Å². The van der Waals surface area contributed by atoms with Gasteiger partial charge in [-0.25, -0.2) is 0 Å². The summed E-state index contributed by atoms with van der Waals surface area (Å²) in [7, 11) is 1.45. The Bertz CT molecular complexity index is 1040. The molecule has 0 aliphatic carbocycles. The van der Waals surface area contributed by atoms with Crippen LogP contribution in [0, 0.1) is 18.3 Å². The minimum atomic E-state index is -0.546. The molecule has 1 fully saturated rings. The van der Waals surface area contributed by atoms with Crippen LogP contribution in [0.5, 0.6) is 0 Å². The third-order valence-electron chi connectivity index (χ3n) is 4.46. The number of anilines is 1. The number of aryl methyl sites for hydroxylation is 1. The quantitative estimate of drug-likeness (QED) is 0.556. The molecule has 0 spiro atoms. The Hall–Kier alpha value is -2.46. The maximum atomic E-state index is 13.3. The summed E-state index contributed by atoms with van der Waals surface area (Å²) in [5.74, 6) is -0.761. The van der Waals surface area contributed by atoms with Crippen molar-refractivity contribution in [2.75, 3.05) is 11.9 Å². The fraction of sp³-hybridized carbons (Fsp3) is 0.190. The SMILES string of the molecule is CNC(=O)/C(C#N)=C1/S[C@@H](Cc2cccc(Cl)c2Cl)C(=O)N1c1ccc(C)cc1. The van der Waals surface area contributed by atoms with Crippen LogP contribution in [0.1, 0.15) is 11.1 Å². The van der Waals surface area contributed by atoms with E-state index in [0.717, 1.165) is 11.1 Å². The third kappa shape index (κ3) is 4.27. The lowest BCUT2D eigenvalue weighted by atomic mass is 10.1. The van der Waals surface area contributed by atoms with Crippen LogP contribution in [0.2, 0.25) is 10.0 Å². The lowest BCUT2D eigenvalue weighted by molar-refractivity contribution is -0.117. The summed E-state index contributed by atoms with van der Waals surface area (Å²) in [4.78, 5) is 27.0. The van der Waals surface area contributed by atoms with Crippen molar-refractivity contribution in [3.63, 3.8) is 0 Å². The number of nitriles is 1. The second-order valence-electron chi connectivity index (χ2n) is 6.40. The Kier molecular flexibility index (Phi) is 6.53. The summed E-state index contributed by atoms with van der Waals surface area (Å²) < 4.78 is 0. The first-order valence-corrected chi connectivity index (χ1v) is 10.4. The number of nitrogens with one attached hydrogen (secondary N) is 1. The van der Waals surface area contributed by atoms with Crippen molar-refractivity contribution in [1.29, 1.82) is 5.26 Å². The molecule has 0 radical (unpaired) electrons. The maximum absolute atomic E-state index is 13.3. The second kappa shape index (κ2) is 8.91. The first-order chi connectivity index (χ1) is 13.9. The molecule has 1 atom stereocenters. The van der Waals surface area contributed by atoms with E-state index in [9.17, 15) is 14.9 Å². The molecule has 1 aliphatic rings. The van der Waals surface area contributed by atoms with E-state index in [1.807, 2.05) is 31.2 Å². The van der Waals surface area contributed by atoms with Crippen molar-refractivity contribution in [2.24, 2.45) is 0 Å². The maximum Gasteiger partial charge on any atom is 0.264 e. The fourth-order valence-corrected chi connectivity index (χ4v) is 4.64. The highest BCUT2D eigenvalue weighted by atomic mass is 35.5. The van der Waals surface area contributed by atoms with Crippen LogP contribution >= 0.6 is 35.0 Å². The number of hydrogen-bond donors (Lipinski definition) is 1. The lowest BCUT2D eigenvalue weighted by Gasteiger charge is -2.18. The van der Waals surface area contributed by atoms with Gasteiger partial charge in [-0.05, 0) is 37.1 Å². The van der Waals surface area contributed by atoms with E-state index in [1.165, 1.54) is 23.7 Å². The number of benzene rings is 2. The number of rotatable bonds is 4. The van der Waals surface area contributed by atoms with Crippen molar-refractivity contribution in [2.45, 2.75) is 18.6 Å². The molecule has 2 amide bonds. The van der Waals surface area contributed by atoms with Gasteiger partial charge in [0.2, 0.25) is 5.91 Å². The summed E-state index contributed by atoms with van der Waals surface area (Å²) in [6, 6.07) is 14.5. The zero-order valence-corrected chi connectivity index (χ0v) is 18.0. The molecule has 2 aromatic carbocycles. The zero-order chi connectivity index (χ0) is 21.1. The Morgan fingerprint density at radius 3 is 2.55 bits per heavy atom. The van der Waals surface area contributed by atoms with Crippen LogP contribution in [0.3, 0.4) is 0 Å². The minimum absolute atomic E-state index is 0.105. The lowest BCUT2D eigenvalue weighted by Crippen LogP contribution is -2.31. The van der Waals surface area contributed by atoms with Crippen LogP contribution in [-0.4, -0.2) is 24.1 Å². The molecule has 148 valence electrons. The normalized spacial score (nSPS) is 17.8. The number of carbonyl (C=O) groups excluding carboxylic acids is 2. The summed E-state index contributed by atoms with van der Waals surface area (Å²) in [5.41, 5.74) is 2.26. The van der Waals surface area contributed by atoms with Crippen LogP contribution in [0.15, 0.2) is 53.1 Å². The molecule has 1 saturated heterocycles. The van der Waals surface area contributed by atoms with Crippen molar-refractivity contribution in [3.05, 3.63) is 74.2 Å². The van der Waals surface area contributed by atoms with Crippen LogP contribution in [0.25, 0.3) is 0 Å². The number of likely N-dealkylation sites (N-methyl/N-ethyl adjacent to an activating group) is 1. The van der Waals surface area contributed by atoms with Gasteiger partial charge in [0, 0.05) is 12.7 Å². The van der Waals surface area contributed by atoms with Crippen LogP contribution in [-0.2, 0) is 16.0 Å². The molecule has 1 heterocycles. The predicted molar refractivity (Wildman–Crippen MR) is 117 cm³/mol. The standard InChI is InChI=1S/C21H17Cl2N3O2S/c1-12-6-8-14(9-7-12)26-20(28)17(10-13-4-3-5-16(22)18(13)23)29-21(26)15(11-24)19(27)25-2/h3-9,17H,10H2,1-2H3,(H,25,27)/b21-15+/t17-/m0/s1. The molecule has 1 aliphatic heterocycles. The summed E-state index contributed by atoms with van der Waals surface area (Å²) >= 11 is 13.6. The van der Waals surface area contributed by atoms with Crippen LogP contribution < -0.4 is 10.2 Å². The number of thioether (sulfide) groups is 1. The molecular formula is C21H17Cl2N3O2S. The molecule has 5 nitrogen and oxygen atoms in total. The Morgan fingerprint density at radius 2 is 1.93 bits per heavy atom. The second-order valence-corrected chi connectivity index (χ2v) is 8.38. The monoisotopic (exact) mass is 445 g/mol. The number of nitrogens with zero attached hydrogens (tertiary/aromatic N) is 2. The molecule has 2 aromatic rings. The molecular weight excluding hydrogens is 429 g/mol. The van der Waals surface area contributed by atoms with Gasteiger partial charge in [0.05, 0.1) is 15.3 Å². The Labute approximate surface area is 183 Å². The van der Waals surface area contributed by atoms with E-state index in [1.54, 1.807) is 24.3 Å². The fourth-order valence-electron chi connectivity index (χ4n) is 2.95. The van der Waals surface area contributed by atoms with E-state index < -0.39 is 11.2 Å². The van der Waals surface area contributed by atoms with Crippen molar-refractivity contribution < 1.29 is 9.59 Å². The van der Waals surface area contributed by atoms with Gasteiger partial charge >= 0.3 is 0 Å². The first kappa shape index (κ1) is 21.3. The molecule has 1 N–H and O–H groups in total. The van der Waals surface area contributed by atoms with Gasteiger partial charge in [-0.15, -0.1) is 0 Å². The third-order valence-corrected chi connectivity index (χ3v) is 6.58. The van der Waals surface area contributed by atoms with E-state index in [2.05, 4.69) is 5.32 Å². The van der Waals surface area contributed by atoms with Gasteiger partial charge in [-0.1, -0.05) is 64.8 Å². The highest BCUT2D eigenvalue weighted by Crippen LogP contribution is 2.42. The van der Waals surface area contributed by atoms with E-state index in [4.69, 9.17) is 23.2 Å². The largest absolute Gasteiger partial charge is 0.354 e. The average Bonchev–Trinajstić information content (AvgIpc) is 3.02. The van der Waals surface area contributed by atoms with Gasteiger partial charge in [-0.3, -0.25) is 14.5 Å².